The van der Waals surface area contributed by atoms with Crippen LogP contribution >= 0.6 is 15.9 Å². The summed E-state index contributed by atoms with van der Waals surface area (Å²) in [6, 6.07) is 4.38. The maximum absolute atomic E-state index is 3.62. The van der Waals surface area contributed by atoms with Crippen molar-refractivity contribution in [3.63, 3.8) is 0 Å². The Balaban J connectivity index is 2.55. The van der Waals surface area contributed by atoms with Crippen molar-refractivity contribution in [2.24, 2.45) is 0 Å². The van der Waals surface area contributed by atoms with Gasteiger partial charge in [-0.3, -0.25) is 0 Å². The molecule has 0 aromatic heterocycles. The molecule has 0 bridgehead atoms. The number of halogens is 1. The molecule has 1 aliphatic heterocycles. The van der Waals surface area contributed by atoms with Crippen LogP contribution in [0.5, 0.6) is 0 Å². The molecule has 1 heterocycles. The Morgan fingerprint density at radius 3 is 2.73 bits per heavy atom. The summed E-state index contributed by atoms with van der Waals surface area (Å²) >= 11 is 3.62. The Hall–Kier alpha value is -0.700. The van der Waals surface area contributed by atoms with Gasteiger partial charge in [0.05, 0.1) is 11.4 Å². The third kappa shape index (κ3) is 1.98. The highest BCUT2D eigenvalue weighted by atomic mass is 79.9. The van der Waals surface area contributed by atoms with E-state index in [1.54, 1.807) is 0 Å². The largest absolute Gasteiger partial charge is 0.376 e. The van der Waals surface area contributed by atoms with Gasteiger partial charge in [0.1, 0.15) is 0 Å². The van der Waals surface area contributed by atoms with Gasteiger partial charge in [-0.25, -0.2) is 0 Å². The minimum absolute atomic E-state index is 0.125. The molecule has 0 saturated carbocycles. The Morgan fingerprint density at radius 2 is 2.07 bits per heavy atom. The monoisotopic (exact) mass is 268 g/mol. The van der Waals surface area contributed by atoms with Crippen molar-refractivity contribution in [3.05, 3.63) is 22.2 Å². The predicted molar refractivity (Wildman–Crippen MR) is 69.9 cm³/mol. The highest BCUT2D eigenvalue weighted by molar-refractivity contribution is 9.10. The van der Waals surface area contributed by atoms with Crippen LogP contribution in [0.25, 0.3) is 0 Å². The lowest BCUT2D eigenvalue weighted by Gasteiger charge is -2.40. The molecule has 0 fully saturated rings. The fourth-order valence-electron chi connectivity index (χ4n) is 2.20. The number of hydrogen-bond donors (Lipinski definition) is 1. The lowest BCUT2D eigenvalue weighted by molar-refractivity contribution is 0.549. The number of nitrogens with one attached hydrogen (secondary N) is 1. The number of rotatable bonds is 0. The van der Waals surface area contributed by atoms with Crippen molar-refractivity contribution < 1.29 is 0 Å². The van der Waals surface area contributed by atoms with E-state index >= 15 is 0 Å². The zero-order valence-electron chi connectivity index (χ0n) is 9.69. The lowest BCUT2D eigenvalue weighted by atomic mass is 9.99. The van der Waals surface area contributed by atoms with Crippen LogP contribution in [0.15, 0.2) is 16.6 Å². The van der Waals surface area contributed by atoms with Gasteiger partial charge < -0.3 is 10.2 Å². The van der Waals surface area contributed by atoms with Crippen molar-refractivity contribution in [3.8, 4) is 0 Å². The molecule has 1 N–H and O–H groups in total. The number of aryl methyl sites for hydroxylation is 1. The number of nitrogens with zero attached hydrogens (tertiary/aromatic N) is 1. The van der Waals surface area contributed by atoms with Gasteiger partial charge in [0, 0.05) is 23.6 Å². The highest BCUT2D eigenvalue weighted by Crippen LogP contribution is 2.39. The van der Waals surface area contributed by atoms with Gasteiger partial charge in [0.2, 0.25) is 0 Å². The van der Waals surface area contributed by atoms with Crippen LogP contribution in [0.1, 0.15) is 19.4 Å². The van der Waals surface area contributed by atoms with Crippen molar-refractivity contribution >= 4 is 27.3 Å². The summed E-state index contributed by atoms with van der Waals surface area (Å²) < 4.78 is 1.15. The molecule has 3 heteroatoms. The highest BCUT2D eigenvalue weighted by Gasteiger charge is 2.28. The van der Waals surface area contributed by atoms with Crippen LogP contribution in [-0.4, -0.2) is 19.1 Å². The smallest absolute Gasteiger partial charge is 0.0727 e. The number of likely N-dealkylation sites (N-methyl/N-ethyl adjacent to an activating group) is 1. The average molecular weight is 269 g/mol. The van der Waals surface area contributed by atoms with Crippen LogP contribution < -0.4 is 10.2 Å². The van der Waals surface area contributed by atoms with Crippen LogP contribution in [-0.2, 0) is 0 Å². The van der Waals surface area contributed by atoms with E-state index < -0.39 is 0 Å². The van der Waals surface area contributed by atoms with Gasteiger partial charge in [-0.15, -0.1) is 0 Å². The van der Waals surface area contributed by atoms with Crippen molar-refractivity contribution in [2.75, 3.05) is 23.8 Å². The maximum atomic E-state index is 3.62. The normalized spacial score (nSPS) is 18.3. The molecule has 0 aliphatic carbocycles. The second kappa shape index (κ2) is 3.41. The molecule has 1 aliphatic rings. The van der Waals surface area contributed by atoms with Gasteiger partial charge in [-0.05, 0) is 54.4 Å². The number of anilines is 2. The van der Waals surface area contributed by atoms with Crippen LogP contribution in [0, 0.1) is 6.92 Å². The SMILES string of the molecule is Cc1cc(Br)c2c(c1)N(C)CC(C)(C)N2. The summed E-state index contributed by atoms with van der Waals surface area (Å²) in [5.74, 6) is 0. The number of hydrogen-bond acceptors (Lipinski definition) is 2. The Morgan fingerprint density at radius 1 is 1.40 bits per heavy atom. The Bertz CT molecular complexity index is 399. The molecular formula is C12H17BrN2. The first-order valence-electron chi connectivity index (χ1n) is 5.18. The van der Waals surface area contributed by atoms with E-state index in [9.17, 15) is 0 Å². The molecule has 0 atom stereocenters. The average Bonchev–Trinajstić information content (AvgIpc) is 2.06. The standard InChI is InChI=1S/C12H17BrN2/c1-8-5-9(13)11-10(6-8)15(4)7-12(2,3)14-11/h5-6,14H,7H2,1-4H3. The molecule has 82 valence electrons. The van der Waals surface area contributed by atoms with E-state index in [4.69, 9.17) is 0 Å². The molecule has 0 amide bonds. The van der Waals surface area contributed by atoms with Gasteiger partial charge in [0.15, 0.2) is 0 Å². The van der Waals surface area contributed by atoms with Crippen molar-refractivity contribution in [1.29, 1.82) is 0 Å². The fraction of sp³-hybridized carbons (Fsp3) is 0.500. The molecule has 0 spiro atoms. The molecule has 0 radical (unpaired) electrons. The molecule has 2 nitrogen and oxygen atoms in total. The first-order valence-corrected chi connectivity index (χ1v) is 5.98. The van der Waals surface area contributed by atoms with E-state index in [1.807, 2.05) is 0 Å². The summed E-state index contributed by atoms with van der Waals surface area (Å²) in [6.07, 6.45) is 0. The molecule has 0 unspecified atom stereocenters. The zero-order chi connectivity index (χ0) is 11.2. The van der Waals surface area contributed by atoms with E-state index in [2.05, 4.69) is 66.1 Å². The van der Waals surface area contributed by atoms with Crippen molar-refractivity contribution in [1.82, 2.24) is 0 Å². The molecule has 2 rings (SSSR count). The number of benzene rings is 1. The van der Waals surface area contributed by atoms with Gasteiger partial charge in [-0.2, -0.15) is 0 Å². The summed E-state index contributed by atoms with van der Waals surface area (Å²) in [5, 5.41) is 3.57. The van der Waals surface area contributed by atoms with Crippen LogP contribution in [0.3, 0.4) is 0 Å². The van der Waals surface area contributed by atoms with E-state index in [1.165, 1.54) is 16.9 Å². The minimum Gasteiger partial charge on any atom is -0.376 e. The summed E-state index contributed by atoms with van der Waals surface area (Å²) in [7, 11) is 2.15. The quantitative estimate of drug-likeness (QED) is 0.776. The van der Waals surface area contributed by atoms with Crippen LogP contribution in [0.2, 0.25) is 0 Å². The zero-order valence-corrected chi connectivity index (χ0v) is 11.3. The number of fused-ring (bicyclic) bond motifs is 1. The predicted octanol–water partition coefficient (Wildman–Crippen LogP) is 3.40. The summed E-state index contributed by atoms with van der Waals surface area (Å²) in [4.78, 5) is 2.31. The minimum atomic E-state index is 0.125. The second-order valence-electron chi connectivity index (χ2n) is 5.01. The van der Waals surface area contributed by atoms with Crippen LogP contribution in [0.4, 0.5) is 11.4 Å². The lowest BCUT2D eigenvalue weighted by Crippen LogP contribution is -2.47. The molecule has 1 aromatic carbocycles. The molecular weight excluding hydrogens is 252 g/mol. The maximum Gasteiger partial charge on any atom is 0.0727 e. The molecule has 1 aromatic rings. The van der Waals surface area contributed by atoms with E-state index in [0.29, 0.717) is 0 Å². The summed E-state index contributed by atoms with van der Waals surface area (Å²) in [5.41, 5.74) is 3.90. The topological polar surface area (TPSA) is 15.3 Å². The summed E-state index contributed by atoms with van der Waals surface area (Å²) in [6.45, 7) is 7.59. The first-order chi connectivity index (χ1) is 6.89. The second-order valence-corrected chi connectivity index (χ2v) is 5.86. The van der Waals surface area contributed by atoms with Crippen molar-refractivity contribution in [2.45, 2.75) is 26.3 Å². The van der Waals surface area contributed by atoms with E-state index in [0.717, 1.165) is 11.0 Å². The molecule has 15 heavy (non-hydrogen) atoms. The first kappa shape index (κ1) is 10.8. The Labute approximate surface area is 99.8 Å². The molecule has 0 saturated heterocycles. The Kier molecular flexibility index (Phi) is 2.45. The van der Waals surface area contributed by atoms with Gasteiger partial charge in [0.25, 0.3) is 0 Å². The van der Waals surface area contributed by atoms with E-state index in [-0.39, 0.29) is 5.54 Å². The fourth-order valence-corrected chi connectivity index (χ4v) is 2.87. The van der Waals surface area contributed by atoms with Gasteiger partial charge in [-0.1, -0.05) is 0 Å². The van der Waals surface area contributed by atoms with Gasteiger partial charge >= 0.3 is 0 Å². The third-order valence-electron chi connectivity index (χ3n) is 2.72. The third-order valence-corrected chi connectivity index (χ3v) is 3.35.